The highest BCUT2D eigenvalue weighted by Gasteiger charge is 2.29. The molecule has 0 radical (unpaired) electrons. The van der Waals surface area contributed by atoms with Crippen molar-refractivity contribution < 1.29 is 0 Å². The summed E-state index contributed by atoms with van der Waals surface area (Å²) in [6.07, 6.45) is 0. The van der Waals surface area contributed by atoms with Gasteiger partial charge in [-0.3, -0.25) is 5.41 Å². The first kappa shape index (κ1) is 11.2. The number of nitrogens with two attached hydrogens (primary N) is 2. The molecule has 1 aliphatic rings. The monoisotopic (exact) mass is 255 g/mol. The highest BCUT2D eigenvalue weighted by Crippen LogP contribution is 2.50. The van der Waals surface area contributed by atoms with Gasteiger partial charge >= 0.3 is 0 Å². The number of benzene rings is 2. The molecule has 0 aliphatic heterocycles. The lowest BCUT2D eigenvalue weighted by atomic mass is 10.1. The molecule has 3 nitrogen and oxygen atoms in total. The quantitative estimate of drug-likeness (QED) is 0.416. The van der Waals surface area contributed by atoms with Gasteiger partial charge in [0.1, 0.15) is 0 Å². The summed E-state index contributed by atoms with van der Waals surface area (Å²) in [6, 6.07) is 14.2. The van der Waals surface area contributed by atoms with Gasteiger partial charge in [-0.05, 0) is 34.4 Å². The van der Waals surface area contributed by atoms with E-state index >= 15 is 0 Å². The van der Waals surface area contributed by atoms with E-state index in [9.17, 15) is 0 Å². The van der Waals surface area contributed by atoms with Crippen LogP contribution in [0.2, 0.25) is 0 Å². The van der Waals surface area contributed by atoms with Crippen LogP contribution in [0.15, 0.2) is 42.5 Å². The van der Waals surface area contributed by atoms with Crippen molar-refractivity contribution in [3.05, 3.63) is 53.6 Å². The Bertz CT molecular complexity index is 637. The number of hydrogen-bond acceptors (Lipinski definition) is 3. The van der Waals surface area contributed by atoms with Crippen molar-refractivity contribution in [2.24, 2.45) is 5.73 Å². The second-order valence-electron chi connectivity index (χ2n) is 4.30. The van der Waals surface area contributed by atoms with E-state index in [4.69, 9.17) is 16.9 Å². The summed E-state index contributed by atoms with van der Waals surface area (Å²) in [7, 11) is 0. The minimum Gasteiger partial charge on any atom is -0.399 e. The lowest BCUT2D eigenvalue weighted by Gasteiger charge is -2.12. The SMILES string of the molecule is N=C(N)SC1c2ccccc2-c2ccc(N)cc21. The normalized spacial score (nSPS) is 16.1. The van der Waals surface area contributed by atoms with Crippen molar-refractivity contribution >= 4 is 22.6 Å². The summed E-state index contributed by atoms with van der Waals surface area (Å²) in [5.74, 6) is 0. The Morgan fingerprint density at radius 1 is 1.06 bits per heavy atom. The third-order valence-electron chi connectivity index (χ3n) is 3.14. The molecule has 2 aromatic rings. The maximum absolute atomic E-state index is 7.51. The van der Waals surface area contributed by atoms with E-state index < -0.39 is 0 Å². The molecule has 2 aromatic carbocycles. The second kappa shape index (κ2) is 4.07. The fourth-order valence-corrected chi connectivity index (χ4v) is 3.34. The van der Waals surface area contributed by atoms with Gasteiger partial charge in [0.2, 0.25) is 0 Å². The maximum atomic E-state index is 7.51. The van der Waals surface area contributed by atoms with Crippen LogP contribution in [0, 0.1) is 5.41 Å². The summed E-state index contributed by atoms with van der Waals surface area (Å²) in [4.78, 5) is 0. The zero-order chi connectivity index (χ0) is 12.7. The fraction of sp³-hybridized carbons (Fsp3) is 0.0714. The number of hydrogen-bond donors (Lipinski definition) is 3. The smallest absolute Gasteiger partial charge is 0.151 e. The molecule has 4 heteroatoms. The average Bonchev–Trinajstić information content (AvgIpc) is 2.63. The van der Waals surface area contributed by atoms with Gasteiger partial charge in [-0.1, -0.05) is 42.1 Å². The Balaban J connectivity index is 2.21. The Morgan fingerprint density at radius 2 is 1.78 bits per heavy atom. The van der Waals surface area contributed by atoms with Crippen LogP contribution < -0.4 is 11.5 Å². The van der Waals surface area contributed by atoms with E-state index in [-0.39, 0.29) is 10.4 Å². The Morgan fingerprint density at radius 3 is 2.56 bits per heavy atom. The maximum Gasteiger partial charge on any atom is 0.151 e. The van der Waals surface area contributed by atoms with Gasteiger partial charge in [0.15, 0.2) is 5.17 Å². The number of rotatable bonds is 1. The van der Waals surface area contributed by atoms with E-state index in [1.807, 2.05) is 30.3 Å². The number of fused-ring (bicyclic) bond motifs is 3. The highest BCUT2D eigenvalue weighted by molar-refractivity contribution is 8.14. The molecule has 0 amide bonds. The van der Waals surface area contributed by atoms with Crippen LogP contribution in [0.1, 0.15) is 16.4 Å². The van der Waals surface area contributed by atoms with E-state index in [0.717, 1.165) is 11.3 Å². The molecule has 1 aliphatic carbocycles. The van der Waals surface area contributed by atoms with Gasteiger partial charge in [0.25, 0.3) is 0 Å². The van der Waals surface area contributed by atoms with Crippen LogP contribution in [0.25, 0.3) is 11.1 Å². The molecule has 0 aromatic heterocycles. The van der Waals surface area contributed by atoms with Crippen LogP contribution in [0.4, 0.5) is 5.69 Å². The Hall–Kier alpha value is -1.94. The van der Waals surface area contributed by atoms with E-state index in [0.29, 0.717) is 0 Å². The summed E-state index contributed by atoms with van der Waals surface area (Å²) >= 11 is 1.36. The number of amidine groups is 1. The number of thioether (sulfide) groups is 1. The van der Waals surface area contributed by atoms with Crippen molar-refractivity contribution in [2.45, 2.75) is 5.25 Å². The molecule has 0 heterocycles. The molecular formula is C14H13N3S. The number of anilines is 1. The highest BCUT2D eigenvalue weighted by atomic mass is 32.2. The van der Waals surface area contributed by atoms with Gasteiger partial charge in [-0.2, -0.15) is 0 Å². The van der Waals surface area contributed by atoms with Gasteiger partial charge < -0.3 is 11.5 Å². The molecular weight excluding hydrogens is 242 g/mol. The van der Waals surface area contributed by atoms with Gasteiger partial charge in [-0.25, -0.2) is 0 Å². The first-order valence-electron chi connectivity index (χ1n) is 5.66. The molecule has 5 N–H and O–H groups in total. The fourth-order valence-electron chi connectivity index (χ4n) is 2.44. The van der Waals surface area contributed by atoms with Crippen molar-refractivity contribution in [1.82, 2.24) is 0 Å². The summed E-state index contributed by atoms with van der Waals surface area (Å²) in [5, 5.41) is 7.72. The third kappa shape index (κ3) is 1.66. The zero-order valence-corrected chi connectivity index (χ0v) is 10.5. The molecule has 0 spiro atoms. The number of nitrogens with one attached hydrogen (secondary N) is 1. The summed E-state index contributed by atoms with van der Waals surface area (Å²) in [6.45, 7) is 0. The lowest BCUT2D eigenvalue weighted by molar-refractivity contribution is 1.23. The molecule has 1 atom stereocenters. The second-order valence-corrected chi connectivity index (χ2v) is 5.44. The van der Waals surface area contributed by atoms with Gasteiger partial charge in [0.05, 0.1) is 5.25 Å². The molecule has 0 fully saturated rings. The van der Waals surface area contributed by atoms with Crippen molar-refractivity contribution in [2.75, 3.05) is 5.73 Å². The van der Waals surface area contributed by atoms with Gasteiger partial charge in [-0.15, -0.1) is 0 Å². The van der Waals surface area contributed by atoms with Crippen LogP contribution in [0.3, 0.4) is 0 Å². The van der Waals surface area contributed by atoms with Crippen molar-refractivity contribution in [3.8, 4) is 11.1 Å². The summed E-state index contributed by atoms with van der Waals surface area (Å²) in [5.41, 5.74) is 16.9. The van der Waals surface area contributed by atoms with Crippen LogP contribution in [0.5, 0.6) is 0 Å². The average molecular weight is 255 g/mol. The van der Waals surface area contributed by atoms with E-state index in [1.165, 1.54) is 28.5 Å². The molecule has 90 valence electrons. The largest absolute Gasteiger partial charge is 0.399 e. The van der Waals surface area contributed by atoms with E-state index in [2.05, 4.69) is 12.1 Å². The van der Waals surface area contributed by atoms with Crippen LogP contribution in [-0.2, 0) is 0 Å². The molecule has 1 unspecified atom stereocenters. The Kier molecular flexibility index (Phi) is 2.52. The minimum absolute atomic E-state index is 0.0807. The van der Waals surface area contributed by atoms with Crippen LogP contribution >= 0.6 is 11.8 Å². The van der Waals surface area contributed by atoms with Gasteiger partial charge in [0, 0.05) is 5.69 Å². The van der Waals surface area contributed by atoms with Crippen molar-refractivity contribution in [1.29, 1.82) is 5.41 Å². The molecule has 0 saturated heterocycles. The predicted molar refractivity (Wildman–Crippen MR) is 77.6 cm³/mol. The molecule has 18 heavy (non-hydrogen) atoms. The lowest BCUT2D eigenvalue weighted by Crippen LogP contribution is -2.07. The summed E-state index contributed by atoms with van der Waals surface area (Å²) < 4.78 is 0. The molecule has 0 bridgehead atoms. The molecule has 0 saturated carbocycles. The Labute approximate surface area is 110 Å². The van der Waals surface area contributed by atoms with Crippen molar-refractivity contribution in [3.63, 3.8) is 0 Å². The molecule has 3 rings (SSSR count). The predicted octanol–water partition coefficient (Wildman–Crippen LogP) is 2.97. The standard InChI is InChI=1S/C14H13N3S/c15-8-5-6-10-9-3-1-2-4-11(9)13(12(10)7-8)18-14(16)17/h1-7,13H,15H2,(H3,16,17). The van der Waals surface area contributed by atoms with E-state index in [1.54, 1.807) is 0 Å². The third-order valence-corrected chi connectivity index (χ3v) is 4.13. The first-order valence-corrected chi connectivity index (χ1v) is 6.54. The van der Waals surface area contributed by atoms with Crippen LogP contribution in [-0.4, -0.2) is 5.17 Å². The minimum atomic E-state index is 0.0807. The zero-order valence-electron chi connectivity index (χ0n) is 9.68. The number of nitrogen functional groups attached to an aromatic ring is 1. The topological polar surface area (TPSA) is 75.9 Å². The first-order chi connectivity index (χ1) is 8.66.